The third-order valence-electron chi connectivity index (χ3n) is 8.15. The third-order valence-corrected chi connectivity index (χ3v) is 14.4. The molecule has 43 heavy (non-hydrogen) atoms. The molecule has 3 heterocycles. The number of aromatic nitrogens is 5. The zero-order valence-electron chi connectivity index (χ0n) is 27.7. The van der Waals surface area contributed by atoms with Gasteiger partial charge in [0.25, 0.3) is 0 Å². The maximum Gasteiger partial charge on any atom is 0.407 e. The van der Waals surface area contributed by atoms with E-state index in [0.717, 1.165) is 21.6 Å². The van der Waals surface area contributed by atoms with Crippen LogP contribution < -0.4 is 5.32 Å². The van der Waals surface area contributed by atoms with Crippen LogP contribution in [0.25, 0.3) is 22.3 Å². The van der Waals surface area contributed by atoms with Crippen LogP contribution in [0.3, 0.4) is 0 Å². The van der Waals surface area contributed by atoms with Crippen molar-refractivity contribution in [3.8, 4) is 22.7 Å². The highest BCUT2D eigenvalue weighted by molar-refractivity contribution is 6.90. The van der Waals surface area contributed by atoms with Crippen molar-refractivity contribution < 1.29 is 14.7 Å². The third kappa shape index (κ3) is 7.24. The molecule has 3 aromatic heterocycles. The topological polar surface area (TPSA) is 126 Å². The minimum Gasteiger partial charge on any atom is -0.465 e. The van der Waals surface area contributed by atoms with Gasteiger partial charge in [-0.15, -0.1) is 5.54 Å². The Kier molecular flexibility index (Phi) is 10.1. The van der Waals surface area contributed by atoms with Crippen LogP contribution in [-0.2, 0) is 11.8 Å². The van der Waals surface area contributed by atoms with Crippen LogP contribution >= 0.6 is 0 Å². The SMILES string of the molecule is Cc1nn(C)c2c(-c3cc(C#C[Si](C(C)C)(C(C)C)C(C)C)nc(NC(=O)C(C)N(CC(C)(C)C)C(=O)O)c3)ncnc12. The highest BCUT2D eigenvalue weighted by Gasteiger charge is 2.41. The molecule has 1 atom stereocenters. The predicted molar refractivity (Wildman–Crippen MR) is 174 cm³/mol. The molecule has 1 unspecified atom stereocenters. The molecule has 232 valence electrons. The highest BCUT2D eigenvalue weighted by atomic mass is 28.3. The van der Waals surface area contributed by atoms with Crippen LogP contribution in [0.4, 0.5) is 10.6 Å². The lowest BCUT2D eigenvalue weighted by Crippen LogP contribution is -2.48. The Morgan fingerprint density at radius 1 is 1.05 bits per heavy atom. The van der Waals surface area contributed by atoms with E-state index in [0.29, 0.717) is 33.6 Å². The number of rotatable bonds is 8. The minimum atomic E-state index is -2.07. The van der Waals surface area contributed by atoms with Gasteiger partial charge in [-0.3, -0.25) is 14.4 Å². The molecule has 0 bridgehead atoms. The van der Waals surface area contributed by atoms with Crippen LogP contribution in [-0.4, -0.2) is 67.4 Å². The Morgan fingerprint density at radius 3 is 2.19 bits per heavy atom. The maximum atomic E-state index is 13.4. The van der Waals surface area contributed by atoms with Crippen LogP contribution in [0.2, 0.25) is 16.6 Å². The molecule has 11 heteroatoms. The predicted octanol–water partition coefficient (Wildman–Crippen LogP) is 6.66. The fourth-order valence-electron chi connectivity index (χ4n) is 6.14. The number of nitrogens with zero attached hydrogens (tertiary/aromatic N) is 6. The average molecular weight is 606 g/mol. The van der Waals surface area contributed by atoms with Crippen molar-refractivity contribution in [1.29, 1.82) is 0 Å². The van der Waals surface area contributed by atoms with Gasteiger partial charge in [0.15, 0.2) is 0 Å². The van der Waals surface area contributed by atoms with Crippen molar-refractivity contribution in [2.75, 3.05) is 11.9 Å². The largest absolute Gasteiger partial charge is 0.465 e. The number of amides is 2. The molecule has 0 aliphatic rings. The number of pyridine rings is 1. The molecule has 3 rings (SSSR count). The summed E-state index contributed by atoms with van der Waals surface area (Å²) in [4.78, 5) is 40.4. The lowest BCUT2D eigenvalue weighted by Gasteiger charge is -2.38. The Labute approximate surface area is 256 Å². The normalized spacial score (nSPS) is 12.9. The molecule has 10 nitrogen and oxygen atoms in total. The number of carboxylic acid groups (broad SMARTS) is 1. The molecule has 0 radical (unpaired) electrons. The van der Waals surface area contributed by atoms with Crippen LogP contribution in [0, 0.1) is 23.8 Å². The van der Waals surface area contributed by atoms with E-state index in [-0.39, 0.29) is 17.8 Å². The van der Waals surface area contributed by atoms with E-state index in [1.165, 1.54) is 6.33 Å². The summed E-state index contributed by atoms with van der Waals surface area (Å²) in [6, 6.07) is 2.69. The van der Waals surface area contributed by atoms with Gasteiger partial charge in [-0.05, 0) is 48.0 Å². The van der Waals surface area contributed by atoms with Crippen LogP contribution in [0.5, 0.6) is 0 Å². The summed E-state index contributed by atoms with van der Waals surface area (Å²) in [5, 5.41) is 17.3. The summed E-state index contributed by atoms with van der Waals surface area (Å²) in [5.74, 6) is 3.20. The molecule has 0 spiro atoms. The molecule has 0 saturated heterocycles. The smallest absolute Gasteiger partial charge is 0.407 e. The van der Waals surface area contributed by atoms with E-state index in [2.05, 4.69) is 73.4 Å². The van der Waals surface area contributed by atoms with Gasteiger partial charge in [-0.1, -0.05) is 68.2 Å². The number of anilines is 1. The number of hydrogen-bond donors (Lipinski definition) is 2. The first-order chi connectivity index (χ1) is 19.9. The second kappa shape index (κ2) is 12.8. The van der Waals surface area contributed by atoms with E-state index in [4.69, 9.17) is 4.98 Å². The number of aryl methyl sites for hydroxylation is 2. The molecular weight excluding hydrogens is 558 g/mol. The standard InChI is InChI=1S/C32H47N7O3Si/c1-19(2)43(20(3)4,21(5)6)14-13-25-15-24(28-29-27(33-18-34-28)22(7)37-38(29)12)16-26(35-25)36-30(40)23(8)39(31(41)42)17-32(9,10)11/h15-16,18-21,23H,17H2,1-12H3,(H,41,42)(H,35,36,40). The van der Waals surface area contributed by atoms with Crippen molar-refractivity contribution >= 4 is 36.9 Å². The molecular formula is C32H47N7O3Si. The van der Waals surface area contributed by atoms with Gasteiger partial charge in [-0.25, -0.2) is 19.7 Å². The first kappa shape index (κ1) is 33.7. The molecule has 2 amide bonds. The molecule has 2 N–H and O–H groups in total. The van der Waals surface area contributed by atoms with Gasteiger partial charge in [0.1, 0.15) is 43.0 Å². The van der Waals surface area contributed by atoms with Gasteiger partial charge in [0, 0.05) is 19.2 Å². The number of hydrogen-bond acceptors (Lipinski definition) is 6. The first-order valence-corrected chi connectivity index (χ1v) is 17.1. The Bertz CT molecular complexity index is 1540. The molecule has 0 fully saturated rings. The Morgan fingerprint density at radius 2 is 1.65 bits per heavy atom. The Balaban J connectivity index is 2.19. The fraction of sp³-hybridized carbons (Fsp3) is 0.562. The molecule has 0 saturated carbocycles. The molecule has 0 aliphatic carbocycles. The van der Waals surface area contributed by atoms with Crippen LogP contribution in [0.15, 0.2) is 18.5 Å². The summed E-state index contributed by atoms with van der Waals surface area (Å²) in [5.41, 5.74) is 8.83. The van der Waals surface area contributed by atoms with Crippen molar-refractivity contribution in [2.45, 2.75) is 98.8 Å². The van der Waals surface area contributed by atoms with Crippen molar-refractivity contribution in [3.05, 3.63) is 29.8 Å². The van der Waals surface area contributed by atoms with Crippen molar-refractivity contribution in [3.63, 3.8) is 0 Å². The van der Waals surface area contributed by atoms with E-state index >= 15 is 0 Å². The van der Waals surface area contributed by atoms with Crippen LogP contribution in [0.1, 0.15) is 80.6 Å². The second-order valence-corrected chi connectivity index (χ2v) is 19.1. The van der Waals surface area contributed by atoms with Gasteiger partial charge < -0.3 is 10.4 Å². The van der Waals surface area contributed by atoms with E-state index in [9.17, 15) is 14.7 Å². The Hall–Kier alpha value is -3.78. The monoisotopic (exact) mass is 605 g/mol. The average Bonchev–Trinajstić information content (AvgIpc) is 3.19. The summed E-state index contributed by atoms with van der Waals surface area (Å²) < 4.78 is 1.75. The van der Waals surface area contributed by atoms with Gasteiger partial charge >= 0.3 is 6.09 Å². The summed E-state index contributed by atoms with van der Waals surface area (Å²) in [6.07, 6.45) is 0.349. The maximum absolute atomic E-state index is 13.4. The number of carbonyl (C=O) groups excluding carboxylic acids is 1. The zero-order chi connectivity index (χ0) is 32.4. The summed E-state index contributed by atoms with van der Waals surface area (Å²) in [6.45, 7) is 23.0. The lowest BCUT2D eigenvalue weighted by molar-refractivity contribution is -0.120. The van der Waals surface area contributed by atoms with E-state index in [1.807, 2.05) is 40.8 Å². The molecule has 3 aromatic rings. The van der Waals surface area contributed by atoms with Gasteiger partial charge in [0.05, 0.1) is 11.4 Å². The fourth-order valence-corrected chi connectivity index (χ4v) is 11.3. The number of carbonyl (C=O) groups is 2. The van der Waals surface area contributed by atoms with Gasteiger partial charge in [0.2, 0.25) is 5.91 Å². The van der Waals surface area contributed by atoms with Crippen molar-refractivity contribution in [1.82, 2.24) is 29.6 Å². The highest BCUT2D eigenvalue weighted by Crippen LogP contribution is 2.41. The number of nitrogens with one attached hydrogen (secondary N) is 1. The van der Waals surface area contributed by atoms with Gasteiger partial charge in [-0.2, -0.15) is 5.10 Å². The van der Waals surface area contributed by atoms with E-state index in [1.54, 1.807) is 17.7 Å². The zero-order valence-corrected chi connectivity index (χ0v) is 28.7. The lowest BCUT2D eigenvalue weighted by atomic mass is 9.95. The van der Waals surface area contributed by atoms with E-state index < -0.39 is 26.1 Å². The molecule has 0 aromatic carbocycles. The quantitative estimate of drug-likeness (QED) is 0.217. The first-order valence-electron chi connectivity index (χ1n) is 14.9. The second-order valence-electron chi connectivity index (χ2n) is 13.5. The number of fused-ring (bicyclic) bond motifs is 1. The minimum absolute atomic E-state index is 0.201. The summed E-state index contributed by atoms with van der Waals surface area (Å²) in [7, 11) is -0.229. The molecule has 0 aliphatic heterocycles. The van der Waals surface area contributed by atoms with Crippen molar-refractivity contribution in [2.24, 2.45) is 12.5 Å². The summed E-state index contributed by atoms with van der Waals surface area (Å²) >= 11 is 0.